The maximum atomic E-state index is 12.8. The fourth-order valence-corrected chi connectivity index (χ4v) is 4.19. The normalized spacial score (nSPS) is 11.7. The van der Waals surface area contributed by atoms with Gasteiger partial charge in [-0.3, -0.25) is 4.79 Å². The van der Waals surface area contributed by atoms with Gasteiger partial charge < -0.3 is 5.32 Å². The van der Waals surface area contributed by atoms with Gasteiger partial charge in [-0.05, 0) is 29.7 Å². The molecule has 164 valence electrons. The molecule has 0 fully saturated rings. The van der Waals surface area contributed by atoms with Crippen molar-refractivity contribution in [1.29, 1.82) is 0 Å². The van der Waals surface area contributed by atoms with Crippen molar-refractivity contribution in [2.75, 3.05) is 5.32 Å². The summed E-state index contributed by atoms with van der Waals surface area (Å²) in [7, 11) is -4.22. The van der Waals surface area contributed by atoms with Crippen LogP contribution in [0.1, 0.15) is 24.6 Å². The van der Waals surface area contributed by atoms with Gasteiger partial charge in [0.1, 0.15) is 0 Å². The van der Waals surface area contributed by atoms with Gasteiger partial charge in [-0.15, -0.1) is 0 Å². The van der Waals surface area contributed by atoms with Crippen molar-refractivity contribution in [2.45, 2.75) is 31.2 Å². The standard InChI is InChI=1S/C20H19ClF2N4O3S/c1-2-12-4-3-5-13(19(12)21)8-18(28)26-15-6-7-16(17(9-15)31(24,29)30)14-10-25-27(11-14)20(22)23/h3-7,9-11,20H,2,8H2,1H3,(H,26,28)(H2,24,29,30). The van der Waals surface area contributed by atoms with Crippen molar-refractivity contribution >= 4 is 33.2 Å². The zero-order valence-electron chi connectivity index (χ0n) is 16.3. The van der Waals surface area contributed by atoms with E-state index in [-0.39, 0.29) is 28.1 Å². The third-order valence-corrected chi connectivity index (χ3v) is 6.01. The maximum Gasteiger partial charge on any atom is 0.333 e. The largest absolute Gasteiger partial charge is 0.333 e. The molecule has 3 N–H and O–H groups in total. The first-order chi connectivity index (χ1) is 14.6. The van der Waals surface area contributed by atoms with Crippen LogP contribution in [0.3, 0.4) is 0 Å². The number of aryl methyl sites for hydroxylation is 1. The number of hydrogen-bond acceptors (Lipinski definition) is 4. The second-order valence-corrected chi connectivity index (χ2v) is 8.62. The van der Waals surface area contributed by atoms with E-state index in [1.165, 1.54) is 18.2 Å². The van der Waals surface area contributed by atoms with Crippen LogP contribution in [0, 0.1) is 0 Å². The summed E-state index contributed by atoms with van der Waals surface area (Å²) in [4.78, 5) is 12.2. The van der Waals surface area contributed by atoms with Crippen LogP contribution < -0.4 is 10.5 Å². The number of nitrogens with zero attached hydrogens (tertiary/aromatic N) is 2. The third-order valence-electron chi connectivity index (χ3n) is 4.57. The van der Waals surface area contributed by atoms with E-state index in [1.54, 1.807) is 12.1 Å². The van der Waals surface area contributed by atoms with E-state index < -0.39 is 22.5 Å². The van der Waals surface area contributed by atoms with Gasteiger partial charge in [0.15, 0.2) is 0 Å². The van der Waals surface area contributed by atoms with Gasteiger partial charge in [-0.25, -0.2) is 18.2 Å². The predicted octanol–water partition coefficient (Wildman–Crippen LogP) is 3.99. The molecule has 0 bridgehead atoms. The van der Waals surface area contributed by atoms with Crippen molar-refractivity contribution in [1.82, 2.24) is 9.78 Å². The quantitative estimate of drug-likeness (QED) is 0.546. The molecule has 0 aliphatic carbocycles. The summed E-state index contributed by atoms with van der Waals surface area (Å²) in [5.74, 6) is -0.409. The topological polar surface area (TPSA) is 107 Å². The molecule has 31 heavy (non-hydrogen) atoms. The molecular formula is C20H19ClF2N4O3S. The van der Waals surface area contributed by atoms with Gasteiger partial charge >= 0.3 is 6.55 Å². The van der Waals surface area contributed by atoms with Gasteiger partial charge in [-0.2, -0.15) is 13.9 Å². The van der Waals surface area contributed by atoms with E-state index in [0.29, 0.717) is 15.3 Å². The summed E-state index contributed by atoms with van der Waals surface area (Å²) in [6.45, 7) is -0.921. The lowest BCUT2D eigenvalue weighted by Gasteiger charge is -2.12. The molecule has 0 spiro atoms. The van der Waals surface area contributed by atoms with E-state index in [4.69, 9.17) is 16.7 Å². The average molecular weight is 469 g/mol. The molecule has 11 heteroatoms. The van der Waals surface area contributed by atoms with Crippen molar-refractivity contribution in [3.63, 3.8) is 0 Å². The Balaban J connectivity index is 1.88. The van der Waals surface area contributed by atoms with E-state index in [9.17, 15) is 22.0 Å². The monoisotopic (exact) mass is 468 g/mol. The SMILES string of the molecule is CCc1cccc(CC(=O)Nc2ccc(-c3cnn(C(F)F)c3)c(S(N)(=O)=O)c2)c1Cl. The van der Waals surface area contributed by atoms with Crippen LogP contribution in [0.4, 0.5) is 14.5 Å². The number of carbonyl (C=O) groups excluding carboxylic acids is 1. The van der Waals surface area contributed by atoms with Gasteiger partial charge in [0.05, 0.1) is 17.5 Å². The summed E-state index contributed by atoms with van der Waals surface area (Å²) in [5, 5.41) is 11.9. The predicted molar refractivity (Wildman–Crippen MR) is 113 cm³/mol. The third kappa shape index (κ3) is 5.27. The summed E-state index contributed by atoms with van der Waals surface area (Å²) in [5.41, 5.74) is 1.97. The highest BCUT2D eigenvalue weighted by molar-refractivity contribution is 7.89. The highest BCUT2D eigenvalue weighted by Gasteiger charge is 2.19. The van der Waals surface area contributed by atoms with Crippen LogP contribution in [0.25, 0.3) is 11.1 Å². The molecule has 0 saturated carbocycles. The lowest BCUT2D eigenvalue weighted by molar-refractivity contribution is -0.115. The molecule has 0 unspecified atom stereocenters. The Morgan fingerprint density at radius 3 is 2.58 bits per heavy atom. The second-order valence-electron chi connectivity index (χ2n) is 6.71. The smallest absolute Gasteiger partial charge is 0.326 e. The van der Waals surface area contributed by atoms with Crippen LogP contribution >= 0.6 is 11.6 Å². The summed E-state index contributed by atoms with van der Waals surface area (Å²) < 4.78 is 50.2. The number of nitrogens with one attached hydrogen (secondary N) is 1. The molecule has 0 aliphatic heterocycles. The molecule has 1 amide bonds. The number of aromatic nitrogens is 2. The number of sulfonamides is 1. The Labute approximate surface area is 182 Å². The molecular weight excluding hydrogens is 450 g/mol. The van der Waals surface area contributed by atoms with Gasteiger partial charge in [0, 0.05) is 28.0 Å². The first-order valence-corrected chi connectivity index (χ1v) is 11.1. The highest BCUT2D eigenvalue weighted by Crippen LogP contribution is 2.30. The van der Waals surface area contributed by atoms with E-state index in [0.717, 1.165) is 24.4 Å². The summed E-state index contributed by atoms with van der Waals surface area (Å²) >= 11 is 6.32. The first kappa shape index (κ1) is 22.9. The number of benzene rings is 2. The van der Waals surface area contributed by atoms with Crippen LogP contribution in [0.2, 0.25) is 5.02 Å². The number of anilines is 1. The number of carbonyl (C=O) groups is 1. The van der Waals surface area contributed by atoms with Gasteiger partial charge in [-0.1, -0.05) is 42.8 Å². The number of amides is 1. The minimum atomic E-state index is -4.22. The molecule has 2 aromatic carbocycles. The molecule has 0 atom stereocenters. The Bertz CT molecular complexity index is 1230. The Morgan fingerprint density at radius 2 is 1.97 bits per heavy atom. The zero-order chi connectivity index (χ0) is 22.8. The number of hydrogen-bond donors (Lipinski definition) is 2. The minimum absolute atomic E-state index is 0.0136. The van der Waals surface area contributed by atoms with Crippen LogP contribution in [0.5, 0.6) is 0 Å². The fourth-order valence-electron chi connectivity index (χ4n) is 3.08. The van der Waals surface area contributed by atoms with Crippen molar-refractivity contribution in [3.05, 3.63) is 64.9 Å². The number of nitrogens with two attached hydrogens (primary N) is 1. The number of halogens is 3. The summed E-state index contributed by atoms with van der Waals surface area (Å²) in [6.07, 6.45) is 2.82. The molecule has 7 nitrogen and oxygen atoms in total. The molecule has 0 aliphatic rings. The first-order valence-electron chi connectivity index (χ1n) is 9.15. The number of rotatable bonds is 7. The number of alkyl halides is 2. The van der Waals surface area contributed by atoms with Crippen molar-refractivity contribution in [2.24, 2.45) is 5.14 Å². The second kappa shape index (κ2) is 9.13. The Kier molecular flexibility index (Phi) is 6.73. The molecule has 1 heterocycles. The van der Waals surface area contributed by atoms with Crippen LogP contribution in [-0.2, 0) is 27.7 Å². The zero-order valence-corrected chi connectivity index (χ0v) is 17.9. The van der Waals surface area contributed by atoms with Crippen LogP contribution in [0.15, 0.2) is 53.7 Å². The molecule has 0 radical (unpaired) electrons. The molecule has 0 saturated heterocycles. The van der Waals surface area contributed by atoms with Crippen LogP contribution in [-0.4, -0.2) is 24.1 Å². The highest BCUT2D eigenvalue weighted by atomic mass is 35.5. The molecule has 3 aromatic rings. The van der Waals surface area contributed by atoms with Gasteiger partial charge in [0.25, 0.3) is 0 Å². The fraction of sp³-hybridized carbons (Fsp3) is 0.200. The molecule has 1 aromatic heterocycles. The maximum absolute atomic E-state index is 12.8. The minimum Gasteiger partial charge on any atom is -0.326 e. The van der Waals surface area contributed by atoms with E-state index >= 15 is 0 Å². The summed E-state index contributed by atoms with van der Waals surface area (Å²) in [6, 6.07) is 9.41. The Hall–Kier alpha value is -2.82. The average Bonchev–Trinajstić information content (AvgIpc) is 3.19. The van der Waals surface area contributed by atoms with Gasteiger partial charge in [0.2, 0.25) is 15.9 Å². The Morgan fingerprint density at radius 1 is 1.26 bits per heavy atom. The molecule has 3 rings (SSSR count). The lowest BCUT2D eigenvalue weighted by atomic mass is 10.1. The van der Waals surface area contributed by atoms with E-state index in [1.807, 2.05) is 13.0 Å². The lowest BCUT2D eigenvalue weighted by Crippen LogP contribution is -2.17. The van der Waals surface area contributed by atoms with E-state index in [2.05, 4.69) is 10.4 Å². The van der Waals surface area contributed by atoms with Crippen molar-refractivity contribution in [3.8, 4) is 11.1 Å². The number of primary sulfonamides is 1. The van der Waals surface area contributed by atoms with Crippen molar-refractivity contribution < 1.29 is 22.0 Å².